The number of hydrogen-bond acceptors (Lipinski definition) is 4. The zero-order valence-electron chi connectivity index (χ0n) is 11.5. The van der Waals surface area contributed by atoms with Crippen LogP contribution in [0.25, 0.3) is 0 Å². The van der Waals surface area contributed by atoms with Crippen molar-refractivity contribution in [3.05, 3.63) is 53.9 Å². The molecule has 5 nitrogen and oxygen atoms in total. The molecular weight excluding hydrogens is 268 g/mol. The molecule has 5 heteroatoms. The topological polar surface area (TPSA) is 60.5 Å². The fraction of sp³-hybridized carbons (Fsp3) is 0.250. The number of carbonyl (C=O) groups excluding carboxylic acids is 1. The van der Waals surface area contributed by atoms with Crippen LogP contribution in [0.4, 0.5) is 0 Å². The first-order chi connectivity index (χ1) is 10.3. The Kier molecular flexibility index (Phi) is 4.00. The maximum Gasteiger partial charge on any atom is 0.253 e. The number of hydrogen-bond donors (Lipinski definition) is 1. The Morgan fingerprint density at radius 2 is 2.05 bits per heavy atom. The van der Waals surface area contributed by atoms with E-state index in [1.807, 2.05) is 18.2 Å². The van der Waals surface area contributed by atoms with Gasteiger partial charge in [0.25, 0.3) is 5.91 Å². The molecule has 2 heterocycles. The van der Waals surface area contributed by atoms with Crippen molar-refractivity contribution >= 4 is 5.91 Å². The second-order valence-corrected chi connectivity index (χ2v) is 4.76. The molecule has 0 radical (unpaired) electrons. The second kappa shape index (κ2) is 6.26. The summed E-state index contributed by atoms with van der Waals surface area (Å²) in [5.41, 5.74) is 1.52. The van der Waals surface area contributed by atoms with E-state index in [2.05, 4.69) is 10.3 Å². The largest absolute Gasteiger partial charge is 0.490 e. The molecule has 0 bridgehead atoms. The lowest BCUT2D eigenvalue weighted by Crippen LogP contribution is -2.22. The summed E-state index contributed by atoms with van der Waals surface area (Å²) in [6, 6.07) is 9.19. The predicted molar refractivity (Wildman–Crippen MR) is 77.5 cm³/mol. The van der Waals surface area contributed by atoms with Crippen LogP contribution in [0.2, 0.25) is 0 Å². The van der Waals surface area contributed by atoms with E-state index in [9.17, 15) is 4.79 Å². The van der Waals surface area contributed by atoms with Crippen molar-refractivity contribution in [1.82, 2.24) is 10.3 Å². The van der Waals surface area contributed by atoms with Crippen LogP contribution in [0.1, 0.15) is 22.3 Å². The van der Waals surface area contributed by atoms with Gasteiger partial charge in [0.2, 0.25) is 0 Å². The van der Waals surface area contributed by atoms with Crippen LogP contribution in [0.5, 0.6) is 11.5 Å². The van der Waals surface area contributed by atoms with E-state index in [-0.39, 0.29) is 5.91 Å². The molecule has 108 valence electrons. The number of amides is 1. The minimum Gasteiger partial charge on any atom is -0.490 e. The number of nitrogens with zero attached hydrogens (tertiary/aromatic N) is 1. The van der Waals surface area contributed by atoms with E-state index in [0.717, 1.165) is 23.5 Å². The Bertz CT molecular complexity index is 629. The molecule has 21 heavy (non-hydrogen) atoms. The molecule has 1 N–H and O–H groups in total. The first-order valence-corrected chi connectivity index (χ1v) is 6.90. The van der Waals surface area contributed by atoms with Crippen molar-refractivity contribution in [2.75, 3.05) is 13.2 Å². The third kappa shape index (κ3) is 3.31. The van der Waals surface area contributed by atoms with Crippen LogP contribution in [0.3, 0.4) is 0 Å². The van der Waals surface area contributed by atoms with Crippen molar-refractivity contribution in [1.29, 1.82) is 0 Å². The third-order valence-electron chi connectivity index (χ3n) is 3.19. The molecule has 0 unspecified atom stereocenters. The molecule has 0 atom stereocenters. The highest BCUT2D eigenvalue weighted by atomic mass is 16.5. The lowest BCUT2D eigenvalue weighted by atomic mass is 10.2. The minimum absolute atomic E-state index is 0.143. The molecule has 1 amide bonds. The van der Waals surface area contributed by atoms with Gasteiger partial charge in [0.05, 0.1) is 18.8 Å². The number of aromatic nitrogens is 1. The number of rotatable bonds is 3. The zero-order chi connectivity index (χ0) is 14.5. The van der Waals surface area contributed by atoms with Crippen LogP contribution in [0, 0.1) is 0 Å². The molecular formula is C16H16N2O3. The molecule has 0 spiro atoms. The fourth-order valence-corrected chi connectivity index (χ4v) is 2.10. The Labute approximate surface area is 122 Å². The molecule has 1 aromatic carbocycles. The van der Waals surface area contributed by atoms with Gasteiger partial charge in [-0.25, -0.2) is 0 Å². The van der Waals surface area contributed by atoms with E-state index in [1.165, 1.54) is 0 Å². The third-order valence-corrected chi connectivity index (χ3v) is 3.19. The Hall–Kier alpha value is -2.56. The number of nitrogens with one attached hydrogen (secondary N) is 1. The molecule has 0 saturated carbocycles. The van der Waals surface area contributed by atoms with E-state index in [4.69, 9.17) is 9.47 Å². The predicted octanol–water partition coefficient (Wildman–Crippen LogP) is 2.17. The Morgan fingerprint density at radius 3 is 2.86 bits per heavy atom. The lowest BCUT2D eigenvalue weighted by Gasteiger charge is -2.10. The maximum absolute atomic E-state index is 12.0. The Balaban J connectivity index is 1.66. The van der Waals surface area contributed by atoms with Gasteiger partial charge in [-0.1, -0.05) is 6.07 Å². The summed E-state index contributed by atoms with van der Waals surface area (Å²) < 4.78 is 11.2. The molecule has 0 saturated heterocycles. The fourth-order valence-electron chi connectivity index (χ4n) is 2.10. The van der Waals surface area contributed by atoms with Gasteiger partial charge >= 0.3 is 0 Å². The average Bonchev–Trinajstić information content (AvgIpc) is 2.78. The summed E-state index contributed by atoms with van der Waals surface area (Å²) in [5.74, 6) is 1.35. The van der Waals surface area contributed by atoms with Crippen LogP contribution in [-0.2, 0) is 6.54 Å². The molecule has 1 aliphatic rings. The summed E-state index contributed by atoms with van der Waals surface area (Å²) in [6.07, 6.45) is 4.06. The van der Waals surface area contributed by atoms with Gasteiger partial charge in [0.1, 0.15) is 0 Å². The van der Waals surface area contributed by atoms with Crippen molar-refractivity contribution in [3.63, 3.8) is 0 Å². The Morgan fingerprint density at radius 1 is 1.19 bits per heavy atom. The van der Waals surface area contributed by atoms with Crippen LogP contribution in [-0.4, -0.2) is 24.1 Å². The van der Waals surface area contributed by atoms with Gasteiger partial charge in [-0.2, -0.15) is 0 Å². The number of pyridine rings is 1. The van der Waals surface area contributed by atoms with Gasteiger partial charge in [-0.05, 0) is 29.8 Å². The van der Waals surface area contributed by atoms with Crippen molar-refractivity contribution < 1.29 is 14.3 Å². The monoisotopic (exact) mass is 284 g/mol. The highest BCUT2D eigenvalue weighted by Crippen LogP contribution is 2.30. The normalized spacial score (nSPS) is 13.3. The second-order valence-electron chi connectivity index (χ2n) is 4.76. The lowest BCUT2D eigenvalue weighted by molar-refractivity contribution is 0.0950. The first kappa shape index (κ1) is 13.4. The standard InChI is InChI=1S/C16H16N2O3/c19-16(13-3-1-6-17-11-13)18-10-12-4-5-14-15(9-12)21-8-2-7-20-14/h1,3-6,9,11H,2,7-8,10H2,(H,18,19). The van der Waals surface area contributed by atoms with E-state index >= 15 is 0 Å². The van der Waals surface area contributed by atoms with Crippen molar-refractivity contribution in [3.8, 4) is 11.5 Å². The number of ether oxygens (including phenoxy) is 2. The van der Waals surface area contributed by atoms with Crippen molar-refractivity contribution in [2.24, 2.45) is 0 Å². The average molecular weight is 284 g/mol. The summed E-state index contributed by atoms with van der Waals surface area (Å²) in [6.45, 7) is 1.76. The molecule has 0 fully saturated rings. The number of carbonyl (C=O) groups is 1. The summed E-state index contributed by atoms with van der Waals surface area (Å²) in [4.78, 5) is 15.9. The number of fused-ring (bicyclic) bond motifs is 1. The van der Waals surface area contributed by atoms with E-state index < -0.39 is 0 Å². The van der Waals surface area contributed by atoms with Gasteiger partial charge in [-0.15, -0.1) is 0 Å². The highest BCUT2D eigenvalue weighted by Gasteiger charge is 2.11. The summed E-state index contributed by atoms with van der Waals surface area (Å²) in [7, 11) is 0. The van der Waals surface area contributed by atoms with Crippen LogP contribution >= 0.6 is 0 Å². The smallest absolute Gasteiger partial charge is 0.253 e. The zero-order valence-corrected chi connectivity index (χ0v) is 11.5. The molecule has 0 aliphatic carbocycles. The van der Waals surface area contributed by atoms with Crippen molar-refractivity contribution in [2.45, 2.75) is 13.0 Å². The minimum atomic E-state index is -0.143. The molecule has 1 aliphatic heterocycles. The quantitative estimate of drug-likeness (QED) is 0.938. The molecule has 1 aromatic heterocycles. The van der Waals surface area contributed by atoms with Crippen LogP contribution in [0.15, 0.2) is 42.7 Å². The van der Waals surface area contributed by atoms with Gasteiger partial charge in [0, 0.05) is 25.4 Å². The van der Waals surface area contributed by atoms with Gasteiger partial charge < -0.3 is 14.8 Å². The maximum atomic E-state index is 12.0. The van der Waals surface area contributed by atoms with Gasteiger partial charge in [0.15, 0.2) is 11.5 Å². The van der Waals surface area contributed by atoms with Crippen LogP contribution < -0.4 is 14.8 Å². The number of benzene rings is 1. The van der Waals surface area contributed by atoms with E-state index in [0.29, 0.717) is 25.3 Å². The molecule has 2 aromatic rings. The first-order valence-electron chi connectivity index (χ1n) is 6.90. The van der Waals surface area contributed by atoms with E-state index in [1.54, 1.807) is 24.5 Å². The summed E-state index contributed by atoms with van der Waals surface area (Å²) in [5, 5.41) is 2.86. The summed E-state index contributed by atoms with van der Waals surface area (Å²) >= 11 is 0. The molecule has 3 rings (SSSR count). The van der Waals surface area contributed by atoms with Gasteiger partial charge in [-0.3, -0.25) is 9.78 Å². The highest BCUT2D eigenvalue weighted by molar-refractivity contribution is 5.93. The SMILES string of the molecule is O=C(NCc1ccc2c(c1)OCCCO2)c1cccnc1.